The van der Waals surface area contributed by atoms with Gasteiger partial charge in [0.2, 0.25) is 10.0 Å². The van der Waals surface area contributed by atoms with Gasteiger partial charge in [-0.05, 0) is 35.8 Å². The summed E-state index contributed by atoms with van der Waals surface area (Å²) >= 11 is 6.20. The van der Waals surface area contributed by atoms with Gasteiger partial charge in [-0.25, -0.2) is 18.1 Å². The molecule has 18 heavy (non-hydrogen) atoms. The second-order valence-corrected chi connectivity index (χ2v) is 9.09. The van der Waals surface area contributed by atoms with Gasteiger partial charge in [0, 0.05) is 10.3 Å². The Morgan fingerprint density at radius 1 is 1.44 bits per heavy atom. The average molecular weight is 367 g/mol. The van der Waals surface area contributed by atoms with Crippen molar-refractivity contribution < 1.29 is 8.42 Å². The predicted octanol–water partition coefficient (Wildman–Crippen LogP) is 3.06. The Morgan fingerprint density at radius 3 is 2.67 bits per heavy atom. The van der Waals surface area contributed by atoms with E-state index in [2.05, 4.69) is 25.6 Å². The number of aryl methyl sites for hydroxylation is 2. The maximum absolute atomic E-state index is 12.1. The lowest BCUT2D eigenvalue weighted by molar-refractivity contribution is 0.580. The number of thiazole rings is 1. The van der Waals surface area contributed by atoms with Crippen LogP contribution in [0.25, 0.3) is 0 Å². The van der Waals surface area contributed by atoms with E-state index in [-0.39, 0.29) is 6.54 Å². The van der Waals surface area contributed by atoms with Gasteiger partial charge in [-0.15, -0.1) is 22.7 Å². The van der Waals surface area contributed by atoms with E-state index >= 15 is 0 Å². The number of thiophene rings is 1. The molecule has 2 aromatic heterocycles. The van der Waals surface area contributed by atoms with E-state index in [4.69, 9.17) is 0 Å². The van der Waals surface area contributed by atoms with E-state index in [9.17, 15) is 8.42 Å². The molecular weight excluding hydrogens is 356 g/mol. The minimum Gasteiger partial charge on any atom is -0.245 e. The minimum absolute atomic E-state index is 0.222. The largest absolute Gasteiger partial charge is 0.245 e. The van der Waals surface area contributed by atoms with Gasteiger partial charge < -0.3 is 0 Å². The summed E-state index contributed by atoms with van der Waals surface area (Å²) in [5, 5.41) is 2.78. The zero-order valence-electron chi connectivity index (χ0n) is 9.73. The molecule has 0 saturated heterocycles. The molecule has 1 N–H and O–H groups in total. The molecular formula is C10H11BrN2O2S3. The van der Waals surface area contributed by atoms with Gasteiger partial charge in [0.05, 0.1) is 25.9 Å². The van der Waals surface area contributed by atoms with Crippen LogP contribution in [0.2, 0.25) is 0 Å². The topological polar surface area (TPSA) is 59.1 Å². The van der Waals surface area contributed by atoms with Crippen LogP contribution in [0.3, 0.4) is 0 Å². The molecule has 0 bridgehead atoms. The molecule has 98 valence electrons. The SMILES string of the molecule is Cc1nc(CNS(=O)(=O)c2cc(Br)sc2C)cs1. The molecule has 0 unspecified atom stereocenters. The molecule has 8 heteroatoms. The number of nitrogens with one attached hydrogen (secondary N) is 1. The molecule has 2 aromatic rings. The smallest absolute Gasteiger partial charge is 0.242 e. The lowest BCUT2D eigenvalue weighted by Gasteiger charge is -2.04. The molecule has 0 atom stereocenters. The summed E-state index contributed by atoms with van der Waals surface area (Å²) in [6, 6.07) is 1.62. The van der Waals surface area contributed by atoms with E-state index in [0.717, 1.165) is 19.4 Å². The van der Waals surface area contributed by atoms with Crippen molar-refractivity contribution in [3.8, 4) is 0 Å². The third-order valence-corrected chi connectivity index (χ3v) is 6.27. The van der Waals surface area contributed by atoms with Gasteiger partial charge >= 0.3 is 0 Å². The Kier molecular flexibility index (Phi) is 4.22. The molecule has 4 nitrogen and oxygen atoms in total. The first-order chi connectivity index (χ1) is 8.38. The molecule has 0 aliphatic carbocycles. The van der Waals surface area contributed by atoms with Crippen LogP contribution in [-0.2, 0) is 16.6 Å². The number of hydrogen-bond acceptors (Lipinski definition) is 5. The Hall–Kier alpha value is -0.280. The first-order valence-electron chi connectivity index (χ1n) is 5.05. The van der Waals surface area contributed by atoms with Crippen molar-refractivity contribution in [1.82, 2.24) is 9.71 Å². The summed E-state index contributed by atoms with van der Waals surface area (Å²) in [7, 11) is -3.46. The van der Waals surface area contributed by atoms with Gasteiger partial charge in [-0.1, -0.05) is 0 Å². The highest BCUT2D eigenvalue weighted by Crippen LogP contribution is 2.29. The van der Waals surface area contributed by atoms with Crippen LogP contribution >= 0.6 is 38.6 Å². The van der Waals surface area contributed by atoms with Crippen molar-refractivity contribution in [2.45, 2.75) is 25.3 Å². The minimum atomic E-state index is -3.46. The summed E-state index contributed by atoms with van der Waals surface area (Å²) in [5.41, 5.74) is 0.744. The first kappa shape index (κ1) is 14.1. The Morgan fingerprint density at radius 2 is 2.17 bits per heavy atom. The van der Waals surface area contributed by atoms with Crippen molar-refractivity contribution >= 4 is 48.6 Å². The third-order valence-electron chi connectivity index (χ3n) is 2.24. The van der Waals surface area contributed by atoms with E-state index in [1.54, 1.807) is 13.0 Å². The van der Waals surface area contributed by atoms with Crippen LogP contribution in [0.5, 0.6) is 0 Å². The summed E-state index contributed by atoms with van der Waals surface area (Å²) in [6.07, 6.45) is 0. The molecule has 0 spiro atoms. The highest BCUT2D eigenvalue weighted by Gasteiger charge is 2.19. The number of rotatable bonds is 4. The average Bonchev–Trinajstić information content (AvgIpc) is 2.82. The molecule has 0 aromatic carbocycles. The Labute approximate surface area is 122 Å². The second-order valence-electron chi connectivity index (χ2n) is 3.65. The van der Waals surface area contributed by atoms with E-state index in [1.165, 1.54) is 22.7 Å². The van der Waals surface area contributed by atoms with Gasteiger partial charge in [-0.3, -0.25) is 0 Å². The maximum atomic E-state index is 12.1. The van der Waals surface area contributed by atoms with Gasteiger partial charge in [0.1, 0.15) is 0 Å². The standard InChI is InChI=1S/C10H11BrN2O2S3/c1-6-9(3-10(11)17-6)18(14,15)12-4-8-5-16-7(2)13-8/h3,5,12H,4H2,1-2H3. The predicted molar refractivity (Wildman–Crippen MR) is 77.6 cm³/mol. The highest BCUT2D eigenvalue weighted by molar-refractivity contribution is 9.11. The van der Waals surface area contributed by atoms with Crippen molar-refractivity contribution in [3.05, 3.63) is 30.8 Å². The van der Waals surface area contributed by atoms with Gasteiger partial charge in [0.25, 0.3) is 0 Å². The fourth-order valence-corrected chi connectivity index (χ4v) is 5.46. The molecule has 2 heterocycles. The summed E-state index contributed by atoms with van der Waals surface area (Å²) in [5.74, 6) is 0. The quantitative estimate of drug-likeness (QED) is 0.904. The van der Waals surface area contributed by atoms with Gasteiger partial charge in [-0.2, -0.15) is 0 Å². The lowest BCUT2D eigenvalue weighted by Crippen LogP contribution is -2.23. The summed E-state index contributed by atoms with van der Waals surface area (Å²) in [4.78, 5) is 5.31. The fraction of sp³-hybridized carbons (Fsp3) is 0.300. The van der Waals surface area contributed by atoms with E-state index in [0.29, 0.717) is 4.90 Å². The van der Waals surface area contributed by atoms with Crippen molar-refractivity contribution in [1.29, 1.82) is 0 Å². The summed E-state index contributed by atoms with van der Waals surface area (Å²) < 4.78 is 27.6. The maximum Gasteiger partial charge on any atom is 0.242 e. The number of hydrogen-bond donors (Lipinski definition) is 1. The van der Waals surface area contributed by atoms with Crippen molar-refractivity contribution in [2.24, 2.45) is 0 Å². The van der Waals surface area contributed by atoms with Crippen molar-refractivity contribution in [3.63, 3.8) is 0 Å². The van der Waals surface area contributed by atoms with Crippen LogP contribution in [0.1, 0.15) is 15.6 Å². The van der Waals surface area contributed by atoms with Gasteiger partial charge in [0.15, 0.2) is 0 Å². The zero-order chi connectivity index (χ0) is 13.3. The fourth-order valence-electron chi connectivity index (χ4n) is 1.43. The molecule has 0 saturated carbocycles. The Bertz CT molecular complexity index is 660. The van der Waals surface area contributed by atoms with Crippen molar-refractivity contribution in [2.75, 3.05) is 0 Å². The normalized spacial score (nSPS) is 11.9. The first-order valence-corrected chi connectivity index (χ1v) is 9.02. The van der Waals surface area contributed by atoms with Crippen LogP contribution in [-0.4, -0.2) is 13.4 Å². The molecule has 0 aliphatic heterocycles. The Balaban J connectivity index is 2.15. The molecule has 0 aliphatic rings. The van der Waals surface area contributed by atoms with E-state index in [1.807, 2.05) is 12.3 Å². The highest BCUT2D eigenvalue weighted by atomic mass is 79.9. The molecule has 0 radical (unpaired) electrons. The van der Waals surface area contributed by atoms with Crippen LogP contribution in [0.15, 0.2) is 20.1 Å². The molecule has 0 amide bonds. The molecule has 2 rings (SSSR count). The second kappa shape index (κ2) is 5.38. The zero-order valence-corrected chi connectivity index (χ0v) is 13.8. The summed E-state index contributed by atoms with van der Waals surface area (Å²) in [6.45, 7) is 3.90. The number of sulfonamides is 1. The molecule has 0 fully saturated rings. The lowest BCUT2D eigenvalue weighted by atomic mass is 10.5. The van der Waals surface area contributed by atoms with Crippen LogP contribution < -0.4 is 4.72 Å². The number of nitrogens with zero attached hydrogens (tertiary/aromatic N) is 1. The monoisotopic (exact) mass is 366 g/mol. The third kappa shape index (κ3) is 3.18. The number of halogens is 1. The number of aromatic nitrogens is 1. The van der Waals surface area contributed by atoms with Crippen LogP contribution in [0.4, 0.5) is 0 Å². The van der Waals surface area contributed by atoms with E-state index < -0.39 is 10.0 Å². The van der Waals surface area contributed by atoms with Crippen LogP contribution in [0, 0.1) is 13.8 Å².